The van der Waals surface area contributed by atoms with Gasteiger partial charge in [0.2, 0.25) is 5.91 Å². The number of nitrogens with zero attached hydrogens (tertiary/aromatic N) is 3. The fraction of sp³-hybridized carbons (Fsp3) is 0.562. The van der Waals surface area contributed by atoms with E-state index in [1.165, 1.54) is 7.11 Å². The van der Waals surface area contributed by atoms with E-state index >= 15 is 0 Å². The fourth-order valence-corrected chi connectivity index (χ4v) is 2.59. The Kier molecular flexibility index (Phi) is 6.34. The van der Waals surface area contributed by atoms with Gasteiger partial charge in [-0.15, -0.1) is 0 Å². The van der Waals surface area contributed by atoms with Gasteiger partial charge in [-0.1, -0.05) is 0 Å². The quantitative estimate of drug-likeness (QED) is 0.890. The largest absolute Gasteiger partial charge is 0.375 e. The minimum absolute atomic E-state index is 0.0259. The van der Waals surface area contributed by atoms with E-state index in [1.807, 2.05) is 19.1 Å². The molecule has 1 aromatic rings. The van der Waals surface area contributed by atoms with Gasteiger partial charge in [-0.2, -0.15) is 0 Å². The summed E-state index contributed by atoms with van der Waals surface area (Å²) in [6, 6.07) is 3.75. The van der Waals surface area contributed by atoms with Gasteiger partial charge in [0.1, 0.15) is 6.61 Å². The van der Waals surface area contributed by atoms with Crippen LogP contribution in [0.1, 0.15) is 17.7 Å². The molecule has 7 heteroatoms. The Balaban J connectivity index is 1.82. The molecule has 3 amide bonds. The first-order valence-electron chi connectivity index (χ1n) is 7.81. The first-order valence-corrected chi connectivity index (χ1v) is 7.81. The molecule has 0 unspecified atom stereocenters. The van der Waals surface area contributed by atoms with Crippen molar-refractivity contribution < 1.29 is 14.3 Å². The lowest BCUT2D eigenvalue weighted by atomic mass is 10.2. The van der Waals surface area contributed by atoms with Crippen LogP contribution in [0.15, 0.2) is 18.3 Å². The average Bonchev–Trinajstić information content (AvgIpc) is 2.79. The van der Waals surface area contributed by atoms with Gasteiger partial charge in [0.05, 0.1) is 0 Å². The number of rotatable bonds is 4. The molecule has 1 aliphatic heterocycles. The molecular formula is C16H24N4O3. The number of aryl methyl sites for hydroxylation is 1. The molecule has 0 bridgehead atoms. The van der Waals surface area contributed by atoms with Crippen LogP contribution in [0.4, 0.5) is 4.79 Å². The van der Waals surface area contributed by atoms with Crippen LogP contribution in [0, 0.1) is 6.92 Å². The molecule has 0 aliphatic carbocycles. The van der Waals surface area contributed by atoms with Crippen molar-refractivity contribution >= 4 is 11.9 Å². The highest BCUT2D eigenvalue weighted by molar-refractivity contribution is 5.78. The van der Waals surface area contributed by atoms with Crippen molar-refractivity contribution in [3.05, 3.63) is 29.6 Å². The second-order valence-corrected chi connectivity index (χ2v) is 5.62. The zero-order chi connectivity index (χ0) is 16.7. The van der Waals surface area contributed by atoms with E-state index in [4.69, 9.17) is 4.74 Å². The molecule has 0 radical (unpaired) electrons. The van der Waals surface area contributed by atoms with E-state index in [1.54, 1.807) is 16.0 Å². The maximum atomic E-state index is 12.3. The molecule has 1 aliphatic rings. The zero-order valence-electron chi connectivity index (χ0n) is 13.7. The number of carbonyl (C=O) groups is 2. The summed E-state index contributed by atoms with van der Waals surface area (Å²) in [4.78, 5) is 31.8. The third-order valence-corrected chi connectivity index (χ3v) is 3.81. The molecule has 0 spiro atoms. The van der Waals surface area contributed by atoms with Gasteiger partial charge in [-0.05, 0) is 31.0 Å². The Labute approximate surface area is 136 Å². The number of ether oxygens (including phenoxy) is 1. The van der Waals surface area contributed by atoms with Crippen molar-refractivity contribution in [2.45, 2.75) is 19.9 Å². The molecule has 1 aromatic heterocycles. The van der Waals surface area contributed by atoms with Gasteiger partial charge < -0.3 is 19.9 Å². The Bertz CT molecular complexity index is 550. The zero-order valence-corrected chi connectivity index (χ0v) is 13.7. The lowest BCUT2D eigenvalue weighted by molar-refractivity contribution is -0.135. The standard InChI is InChI=1S/C16H24N4O3/c1-13-10-14(4-5-17-13)11-18-16(22)20-7-3-6-19(8-9-20)15(21)12-23-2/h4-5,10H,3,6-9,11-12H2,1-2H3,(H,18,22). The van der Waals surface area contributed by atoms with E-state index in [-0.39, 0.29) is 18.5 Å². The lowest BCUT2D eigenvalue weighted by Crippen LogP contribution is -2.42. The molecule has 2 heterocycles. The Morgan fingerprint density at radius 2 is 2.00 bits per heavy atom. The van der Waals surface area contributed by atoms with E-state index in [2.05, 4.69) is 10.3 Å². The number of carbonyl (C=O) groups excluding carboxylic acids is 2. The van der Waals surface area contributed by atoms with Crippen LogP contribution >= 0.6 is 0 Å². The number of pyridine rings is 1. The SMILES string of the molecule is COCC(=O)N1CCCN(C(=O)NCc2ccnc(C)c2)CC1. The summed E-state index contributed by atoms with van der Waals surface area (Å²) in [6.45, 7) is 4.89. The first kappa shape index (κ1) is 17.2. The van der Waals surface area contributed by atoms with Crippen molar-refractivity contribution in [2.75, 3.05) is 39.9 Å². The van der Waals surface area contributed by atoms with Crippen LogP contribution in [-0.2, 0) is 16.1 Å². The number of hydrogen-bond donors (Lipinski definition) is 1. The summed E-state index contributed by atoms with van der Waals surface area (Å²) in [7, 11) is 1.51. The minimum atomic E-state index is -0.0968. The highest BCUT2D eigenvalue weighted by Crippen LogP contribution is 2.05. The first-order chi connectivity index (χ1) is 11.1. The topological polar surface area (TPSA) is 74.8 Å². The van der Waals surface area contributed by atoms with Crippen molar-refractivity contribution in [1.82, 2.24) is 20.1 Å². The average molecular weight is 320 g/mol. The number of urea groups is 1. The summed E-state index contributed by atoms with van der Waals surface area (Å²) >= 11 is 0. The summed E-state index contributed by atoms with van der Waals surface area (Å²) in [5.74, 6) is -0.0259. The van der Waals surface area contributed by atoms with Gasteiger partial charge in [-0.25, -0.2) is 4.79 Å². The van der Waals surface area contributed by atoms with Crippen molar-refractivity contribution in [3.63, 3.8) is 0 Å². The van der Waals surface area contributed by atoms with E-state index in [0.717, 1.165) is 17.7 Å². The van der Waals surface area contributed by atoms with E-state index < -0.39 is 0 Å². The number of methoxy groups -OCH3 is 1. The molecule has 7 nitrogen and oxygen atoms in total. The molecule has 0 saturated carbocycles. The van der Waals surface area contributed by atoms with Crippen molar-refractivity contribution in [3.8, 4) is 0 Å². The highest BCUT2D eigenvalue weighted by Gasteiger charge is 2.21. The Morgan fingerprint density at radius 1 is 1.26 bits per heavy atom. The van der Waals surface area contributed by atoms with Crippen LogP contribution in [0.25, 0.3) is 0 Å². The van der Waals surface area contributed by atoms with Gasteiger partial charge in [0.15, 0.2) is 0 Å². The van der Waals surface area contributed by atoms with Crippen LogP contribution in [-0.4, -0.2) is 66.6 Å². The van der Waals surface area contributed by atoms with Crippen LogP contribution in [0.5, 0.6) is 0 Å². The predicted molar refractivity (Wildman–Crippen MR) is 85.9 cm³/mol. The normalized spacial score (nSPS) is 15.2. The summed E-state index contributed by atoms with van der Waals surface area (Å²) in [5, 5.41) is 2.92. The van der Waals surface area contributed by atoms with Crippen LogP contribution < -0.4 is 5.32 Å². The van der Waals surface area contributed by atoms with Crippen LogP contribution in [0.3, 0.4) is 0 Å². The monoisotopic (exact) mass is 320 g/mol. The maximum Gasteiger partial charge on any atom is 0.317 e. The predicted octanol–water partition coefficient (Wildman–Crippen LogP) is 0.780. The second-order valence-electron chi connectivity index (χ2n) is 5.62. The van der Waals surface area contributed by atoms with Crippen molar-refractivity contribution in [1.29, 1.82) is 0 Å². The Hall–Kier alpha value is -2.15. The van der Waals surface area contributed by atoms with E-state index in [9.17, 15) is 9.59 Å². The number of amides is 3. The molecule has 126 valence electrons. The smallest absolute Gasteiger partial charge is 0.317 e. The minimum Gasteiger partial charge on any atom is -0.375 e. The summed E-state index contributed by atoms with van der Waals surface area (Å²) in [6.07, 6.45) is 2.51. The fourth-order valence-electron chi connectivity index (χ4n) is 2.59. The van der Waals surface area contributed by atoms with Crippen LogP contribution in [0.2, 0.25) is 0 Å². The van der Waals surface area contributed by atoms with Gasteiger partial charge in [-0.3, -0.25) is 9.78 Å². The molecule has 23 heavy (non-hydrogen) atoms. The third kappa shape index (κ3) is 5.21. The van der Waals surface area contributed by atoms with E-state index in [0.29, 0.717) is 32.7 Å². The second kappa shape index (κ2) is 8.47. The van der Waals surface area contributed by atoms with Gasteiger partial charge in [0, 0.05) is 51.7 Å². The van der Waals surface area contributed by atoms with Gasteiger partial charge >= 0.3 is 6.03 Å². The Morgan fingerprint density at radius 3 is 2.74 bits per heavy atom. The maximum absolute atomic E-state index is 12.3. The highest BCUT2D eigenvalue weighted by atomic mass is 16.5. The molecule has 1 saturated heterocycles. The number of nitrogens with one attached hydrogen (secondary N) is 1. The lowest BCUT2D eigenvalue weighted by Gasteiger charge is -2.22. The third-order valence-electron chi connectivity index (χ3n) is 3.81. The molecular weight excluding hydrogens is 296 g/mol. The summed E-state index contributed by atoms with van der Waals surface area (Å²) < 4.78 is 4.88. The molecule has 1 N–H and O–H groups in total. The number of hydrogen-bond acceptors (Lipinski definition) is 4. The molecule has 2 rings (SSSR count). The molecule has 0 atom stereocenters. The summed E-state index contributed by atoms with van der Waals surface area (Å²) in [5.41, 5.74) is 1.95. The van der Waals surface area contributed by atoms with Gasteiger partial charge in [0.25, 0.3) is 0 Å². The molecule has 0 aromatic carbocycles. The molecule has 1 fully saturated rings. The van der Waals surface area contributed by atoms with Crippen molar-refractivity contribution in [2.24, 2.45) is 0 Å². The number of aromatic nitrogens is 1.